The Balaban J connectivity index is 2.14. The Morgan fingerprint density at radius 1 is 1.17 bits per heavy atom. The zero-order valence-electron chi connectivity index (χ0n) is 18.7. The Kier molecular flexibility index (Phi) is 7.84. The van der Waals surface area contributed by atoms with E-state index in [1.807, 2.05) is 6.92 Å². The van der Waals surface area contributed by atoms with Crippen LogP contribution in [0.5, 0.6) is 0 Å². The fourth-order valence-corrected chi connectivity index (χ4v) is 3.65. The summed E-state index contributed by atoms with van der Waals surface area (Å²) in [6.45, 7) is 14.3. The molecule has 1 atom stereocenters. The van der Waals surface area contributed by atoms with Crippen molar-refractivity contribution in [2.75, 3.05) is 26.2 Å². The summed E-state index contributed by atoms with van der Waals surface area (Å²) < 4.78 is 32.4. The number of ether oxygens (including phenoxy) is 1. The van der Waals surface area contributed by atoms with Gasteiger partial charge >= 0.3 is 6.09 Å². The van der Waals surface area contributed by atoms with Gasteiger partial charge in [0.2, 0.25) is 0 Å². The van der Waals surface area contributed by atoms with Crippen LogP contribution in [0.15, 0.2) is 40.7 Å². The average molecular weight is 442 g/mol. The first kappa shape index (κ1) is 24.5. The molecule has 5 nitrogen and oxygen atoms in total. The number of allylic oxidation sites excluding steroid dienone is 4. The number of aliphatic imine (C=N–C) groups is 1. The number of amides is 1. The Labute approximate surface area is 181 Å². The normalized spacial score (nSPS) is 20.1. The molecular formula is C22H34F2N3O2P. The summed E-state index contributed by atoms with van der Waals surface area (Å²) in [5.41, 5.74) is -0.608. The molecule has 1 unspecified atom stereocenters. The van der Waals surface area contributed by atoms with Gasteiger partial charge in [0.15, 0.2) is 5.60 Å². The molecule has 1 aliphatic heterocycles. The van der Waals surface area contributed by atoms with Crippen molar-refractivity contribution >= 4 is 21.0 Å². The fraction of sp³-hybridized carbons (Fsp3) is 0.636. The Morgan fingerprint density at radius 3 is 2.13 bits per heavy atom. The Bertz CT molecular complexity index is 757. The molecule has 1 saturated heterocycles. The number of nitrogens with zero attached hydrogens (tertiary/aromatic N) is 3. The molecule has 0 aromatic carbocycles. The lowest BCUT2D eigenvalue weighted by molar-refractivity contribution is -0.110. The maximum Gasteiger partial charge on any atom is 0.410 e. The van der Waals surface area contributed by atoms with Gasteiger partial charge in [-0.2, -0.15) is 8.78 Å². The molecule has 0 radical (unpaired) electrons. The third-order valence-corrected chi connectivity index (χ3v) is 6.48. The summed E-state index contributed by atoms with van der Waals surface area (Å²) in [6, 6.07) is 0. The first-order valence-corrected chi connectivity index (χ1v) is 10.9. The molecule has 0 N–H and O–H groups in total. The van der Waals surface area contributed by atoms with Gasteiger partial charge in [0, 0.05) is 49.4 Å². The first-order chi connectivity index (χ1) is 13.9. The van der Waals surface area contributed by atoms with Gasteiger partial charge in [-0.15, -0.1) is 0 Å². The van der Waals surface area contributed by atoms with Gasteiger partial charge in [-0.3, -0.25) is 4.99 Å². The van der Waals surface area contributed by atoms with Crippen LogP contribution in [-0.2, 0) is 4.74 Å². The van der Waals surface area contributed by atoms with E-state index < -0.39 is 17.4 Å². The minimum Gasteiger partial charge on any atom is -0.437 e. The van der Waals surface area contributed by atoms with Gasteiger partial charge in [0.25, 0.3) is 5.66 Å². The van der Waals surface area contributed by atoms with Crippen LogP contribution in [0.25, 0.3) is 0 Å². The van der Waals surface area contributed by atoms with Crippen LogP contribution in [0.1, 0.15) is 47.5 Å². The van der Waals surface area contributed by atoms with Gasteiger partial charge < -0.3 is 14.5 Å². The summed E-state index contributed by atoms with van der Waals surface area (Å²) in [5, 5.41) is 0. The standard InChI is InChI=1S/C22H34F2N3O2P/c1-7-18(17-9-10-17)19(15(3)25-8-2)16(4)26-11-13-27(14-12-26)20(28)29-21(5,6)22(23,24)30/h7-8,17H,2,9-14,30H2,1,3-6H3/b18-7-,19-16-,25-15?. The summed E-state index contributed by atoms with van der Waals surface area (Å²) >= 11 is 0. The summed E-state index contributed by atoms with van der Waals surface area (Å²) in [4.78, 5) is 20.5. The van der Waals surface area contributed by atoms with Crippen LogP contribution in [0.3, 0.4) is 0 Å². The van der Waals surface area contributed by atoms with Crippen molar-refractivity contribution in [3.63, 3.8) is 0 Å². The molecule has 0 bridgehead atoms. The lowest BCUT2D eigenvalue weighted by Crippen LogP contribution is -2.52. The predicted octanol–water partition coefficient (Wildman–Crippen LogP) is 5.22. The van der Waals surface area contributed by atoms with E-state index in [0.717, 1.165) is 17.0 Å². The van der Waals surface area contributed by atoms with E-state index >= 15 is 0 Å². The van der Waals surface area contributed by atoms with E-state index in [2.05, 4.69) is 36.4 Å². The SMILES string of the molecule is C=CN=C(C)C(/C(=C\C)C1CC1)=C(\C)N1CCN(C(=O)OC(C)(C)C(F)(F)P)CC1. The molecule has 1 amide bonds. The minimum absolute atomic E-state index is 0.411. The maximum absolute atomic E-state index is 13.6. The second kappa shape index (κ2) is 9.59. The van der Waals surface area contributed by atoms with E-state index in [1.54, 1.807) is 6.20 Å². The molecule has 0 spiro atoms. The first-order valence-electron chi connectivity index (χ1n) is 10.4. The van der Waals surface area contributed by atoms with Crippen molar-refractivity contribution in [3.8, 4) is 0 Å². The van der Waals surface area contributed by atoms with Crippen LogP contribution in [-0.4, -0.2) is 59.0 Å². The quantitative estimate of drug-likeness (QED) is 0.309. The molecule has 1 heterocycles. The van der Waals surface area contributed by atoms with E-state index in [9.17, 15) is 13.6 Å². The number of rotatable bonds is 7. The molecule has 2 fully saturated rings. The molecule has 1 saturated carbocycles. The minimum atomic E-state index is -3.20. The van der Waals surface area contributed by atoms with Gasteiger partial charge in [-0.25, -0.2) is 4.79 Å². The summed E-state index contributed by atoms with van der Waals surface area (Å²) in [7, 11) is 1.44. The van der Waals surface area contributed by atoms with Crippen molar-refractivity contribution in [1.29, 1.82) is 0 Å². The molecule has 2 aliphatic rings. The lowest BCUT2D eigenvalue weighted by Gasteiger charge is -2.39. The highest BCUT2D eigenvalue weighted by molar-refractivity contribution is 7.18. The highest BCUT2D eigenvalue weighted by Crippen LogP contribution is 2.42. The summed E-state index contributed by atoms with van der Waals surface area (Å²) in [6.07, 6.45) is 5.39. The molecule has 2 rings (SSSR count). The largest absolute Gasteiger partial charge is 0.437 e. The van der Waals surface area contributed by atoms with Crippen molar-refractivity contribution < 1.29 is 18.3 Å². The van der Waals surface area contributed by atoms with Gasteiger partial charge in [-0.1, -0.05) is 21.9 Å². The van der Waals surface area contributed by atoms with Crippen molar-refractivity contribution in [2.45, 2.75) is 58.7 Å². The zero-order chi connectivity index (χ0) is 22.7. The van der Waals surface area contributed by atoms with Crippen LogP contribution in [0.4, 0.5) is 13.6 Å². The number of hydrogen-bond acceptors (Lipinski definition) is 4. The van der Waals surface area contributed by atoms with Crippen LogP contribution in [0.2, 0.25) is 0 Å². The smallest absolute Gasteiger partial charge is 0.410 e. The molecule has 1 aliphatic carbocycles. The number of alkyl halides is 2. The van der Waals surface area contributed by atoms with Gasteiger partial charge in [0.1, 0.15) is 0 Å². The highest BCUT2D eigenvalue weighted by atomic mass is 31.0. The maximum atomic E-state index is 13.6. The molecular weight excluding hydrogens is 407 g/mol. The second-order valence-electron chi connectivity index (χ2n) is 8.35. The zero-order valence-corrected chi connectivity index (χ0v) is 19.8. The van der Waals surface area contributed by atoms with E-state index in [4.69, 9.17) is 4.74 Å². The molecule has 8 heteroatoms. The molecule has 30 heavy (non-hydrogen) atoms. The number of piperazine rings is 1. The van der Waals surface area contributed by atoms with E-state index in [-0.39, 0.29) is 0 Å². The Hall–Kier alpha value is -1.75. The van der Waals surface area contributed by atoms with Crippen molar-refractivity contribution in [2.24, 2.45) is 10.9 Å². The van der Waals surface area contributed by atoms with Gasteiger partial charge in [0.05, 0.1) is 0 Å². The molecule has 0 aromatic rings. The lowest BCUT2D eigenvalue weighted by atomic mass is 9.95. The van der Waals surface area contributed by atoms with Crippen molar-refractivity contribution in [3.05, 3.63) is 35.7 Å². The molecule has 0 aromatic heterocycles. The van der Waals surface area contributed by atoms with Crippen molar-refractivity contribution in [1.82, 2.24) is 9.80 Å². The highest BCUT2D eigenvalue weighted by Gasteiger charge is 2.46. The van der Waals surface area contributed by atoms with E-state index in [0.29, 0.717) is 32.1 Å². The van der Waals surface area contributed by atoms with Crippen LogP contribution < -0.4 is 0 Å². The fourth-order valence-electron chi connectivity index (χ4n) is 3.59. The van der Waals surface area contributed by atoms with E-state index in [1.165, 1.54) is 46.4 Å². The topological polar surface area (TPSA) is 45.1 Å². The Morgan fingerprint density at radius 2 is 1.70 bits per heavy atom. The van der Waals surface area contributed by atoms with Crippen LogP contribution in [0, 0.1) is 5.92 Å². The second-order valence-corrected chi connectivity index (χ2v) is 9.08. The average Bonchev–Trinajstić information content (AvgIpc) is 3.49. The number of carbonyl (C=O) groups is 1. The number of hydrogen-bond donors (Lipinski definition) is 0. The number of halogens is 2. The third-order valence-electron chi connectivity index (χ3n) is 5.78. The van der Waals surface area contributed by atoms with Crippen LogP contribution >= 0.6 is 9.24 Å². The monoisotopic (exact) mass is 441 g/mol. The summed E-state index contributed by atoms with van der Waals surface area (Å²) in [5.74, 6) is 0.571. The molecule has 168 valence electrons. The third kappa shape index (κ3) is 5.69. The number of carbonyl (C=O) groups excluding carboxylic acids is 1. The predicted molar refractivity (Wildman–Crippen MR) is 121 cm³/mol. The van der Waals surface area contributed by atoms with Gasteiger partial charge in [-0.05, 0) is 59.0 Å².